The molecule has 0 aliphatic carbocycles. The van der Waals surface area contributed by atoms with Gasteiger partial charge in [0.1, 0.15) is 6.61 Å². The average Bonchev–Trinajstić information content (AvgIpc) is 2.98. The van der Waals surface area contributed by atoms with Gasteiger partial charge in [0, 0.05) is 18.0 Å². The predicted octanol–water partition coefficient (Wildman–Crippen LogP) is 5.32. The summed E-state index contributed by atoms with van der Waals surface area (Å²) in [6.07, 6.45) is 1.75. The van der Waals surface area contributed by atoms with Crippen molar-refractivity contribution in [3.05, 3.63) is 83.6 Å². The van der Waals surface area contributed by atoms with Crippen LogP contribution in [0.4, 0.5) is 4.79 Å². The fourth-order valence-corrected chi connectivity index (χ4v) is 3.33. The van der Waals surface area contributed by atoms with Crippen LogP contribution in [0.1, 0.15) is 43.7 Å². The first-order chi connectivity index (χ1) is 12.1. The van der Waals surface area contributed by atoms with Gasteiger partial charge in [-0.25, -0.2) is 4.79 Å². The molecule has 1 amide bonds. The standard InChI is InChI=1S/C22H25NO2/c1-16-15-25-22(24)23(16)14-21(17(2)19-10-6-4-7-11-19)18(3)20-12-8-5-9-13-20/h4-14,16-18H,15H2,1-3H3/t16?,17-,18-/m0/s1. The first-order valence-corrected chi connectivity index (χ1v) is 8.84. The van der Waals surface area contributed by atoms with Crippen LogP contribution in [-0.4, -0.2) is 23.6 Å². The fourth-order valence-electron chi connectivity index (χ4n) is 3.33. The third kappa shape index (κ3) is 3.76. The molecule has 0 aromatic heterocycles. The van der Waals surface area contributed by atoms with Gasteiger partial charge in [0.25, 0.3) is 0 Å². The zero-order chi connectivity index (χ0) is 17.8. The number of rotatable bonds is 5. The van der Waals surface area contributed by atoms with Gasteiger partial charge in [-0.05, 0) is 23.6 Å². The fraction of sp³-hybridized carbons (Fsp3) is 0.318. The van der Waals surface area contributed by atoms with Gasteiger partial charge >= 0.3 is 6.09 Å². The molecule has 3 nitrogen and oxygen atoms in total. The summed E-state index contributed by atoms with van der Waals surface area (Å²) < 4.78 is 5.19. The van der Waals surface area contributed by atoms with Crippen LogP contribution in [-0.2, 0) is 4.74 Å². The first-order valence-electron chi connectivity index (χ1n) is 8.84. The Morgan fingerprint density at radius 1 is 1.00 bits per heavy atom. The molecule has 3 heteroatoms. The molecule has 1 saturated heterocycles. The number of carbonyl (C=O) groups is 1. The van der Waals surface area contributed by atoms with E-state index in [4.69, 9.17) is 4.74 Å². The monoisotopic (exact) mass is 335 g/mol. The van der Waals surface area contributed by atoms with Crippen LogP contribution in [0.3, 0.4) is 0 Å². The quantitative estimate of drug-likeness (QED) is 0.740. The third-order valence-corrected chi connectivity index (χ3v) is 5.02. The largest absolute Gasteiger partial charge is 0.447 e. The minimum atomic E-state index is -0.259. The van der Waals surface area contributed by atoms with Crippen molar-refractivity contribution in [2.45, 2.75) is 38.6 Å². The molecule has 1 fully saturated rings. The highest BCUT2D eigenvalue weighted by molar-refractivity contribution is 5.71. The molecular formula is C22H25NO2. The van der Waals surface area contributed by atoms with Gasteiger partial charge in [-0.2, -0.15) is 0 Å². The summed E-state index contributed by atoms with van der Waals surface area (Å²) >= 11 is 0. The number of hydrogen-bond donors (Lipinski definition) is 0. The zero-order valence-corrected chi connectivity index (χ0v) is 15.1. The van der Waals surface area contributed by atoms with Crippen molar-refractivity contribution in [1.29, 1.82) is 0 Å². The molecule has 0 bridgehead atoms. The number of benzene rings is 2. The van der Waals surface area contributed by atoms with Crippen molar-refractivity contribution in [2.75, 3.05) is 6.61 Å². The highest BCUT2D eigenvalue weighted by Gasteiger charge is 2.30. The summed E-state index contributed by atoms with van der Waals surface area (Å²) in [5.74, 6) is 0.411. The van der Waals surface area contributed by atoms with Gasteiger partial charge in [0.15, 0.2) is 0 Å². The molecule has 1 aliphatic heterocycles. The third-order valence-electron chi connectivity index (χ3n) is 5.02. The second-order valence-electron chi connectivity index (χ2n) is 6.73. The van der Waals surface area contributed by atoms with E-state index >= 15 is 0 Å². The topological polar surface area (TPSA) is 29.5 Å². The lowest BCUT2D eigenvalue weighted by Gasteiger charge is -2.26. The van der Waals surface area contributed by atoms with Crippen LogP contribution in [0.15, 0.2) is 72.4 Å². The van der Waals surface area contributed by atoms with Crippen LogP contribution in [0.5, 0.6) is 0 Å². The molecule has 0 spiro atoms. The summed E-state index contributed by atoms with van der Waals surface area (Å²) in [6, 6.07) is 20.9. The smallest absolute Gasteiger partial charge is 0.414 e. The molecule has 2 aromatic carbocycles. The van der Waals surface area contributed by atoms with Crippen LogP contribution >= 0.6 is 0 Å². The van der Waals surface area contributed by atoms with Crippen LogP contribution < -0.4 is 0 Å². The summed E-state index contributed by atoms with van der Waals surface area (Å²) in [4.78, 5) is 13.8. The molecule has 25 heavy (non-hydrogen) atoms. The normalized spacial score (nSPS) is 19.2. The molecule has 3 rings (SSSR count). The van der Waals surface area contributed by atoms with Gasteiger partial charge in [-0.15, -0.1) is 0 Å². The van der Waals surface area contributed by atoms with E-state index in [1.54, 1.807) is 4.90 Å². The van der Waals surface area contributed by atoms with Crippen molar-refractivity contribution in [3.8, 4) is 0 Å². The number of amides is 1. The van der Waals surface area contributed by atoms with Gasteiger partial charge < -0.3 is 4.74 Å². The van der Waals surface area contributed by atoms with E-state index in [-0.39, 0.29) is 24.0 Å². The molecule has 1 unspecified atom stereocenters. The van der Waals surface area contributed by atoms with E-state index in [0.29, 0.717) is 6.61 Å². The van der Waals surface area contributed by atoms with Crippen molar-refractivity contribution in [3.63, 3.8) is 0 Å². The Kier molecular flexibility index (Phi) is 5.22. The molecule has 2 aromatic rings. The van der Waals surface area contributed by atoms with Gasteiger partial charge in [-0.1, -0.05) is 74.5 Å². The summed E-state index contributed by atoms with van der Waals surface area (Å²) in [5, 5.41) is 0. The SMILES string of the molecule is CC1COC(=O)N1C=C([C@@H](C)c1ccccc1)[C@@H](C)c1ccccc1. The number of ether oxygens (including phenoxy) is 1. The van der Waals surface area contributed by atoms with Gasteiger partial charge in [0.05, 0.1) is 6.04 Å². The molecule has 0 N–H and O–H groups in total. The Hall–Kier alpha value is -2.55. The maximum atomic E-state index is 12.1. The number of allylic oxidation sites excluding steroid dienone is 1. The molecule has 1 aliphatic rings. The minimum Gasteiger partial charge on any atom is -0.447 e. The van der Waals surface area contributed by atoms with Crippen LogP contribution in [0.25, 0.3) is 0 Å². The minimum absolute atomic E-state index is 0.0634. The van der Waals surface area contributed by atoms with Crippen LogP contribution in [0, 0.1) is 0 Å². The van der Waals surface area contributed by atoms with Gasteiger partial charge in [-0.3, -0.25) is 4.90 Å². The lowest BCUT2D eigenvalue weighted by atomic mass is 9.82. The Bertz CT molecular complexity index is 692. The van der Waals surface area contributed by atoms with Gasteiger partial charge in [0.2, 0.25) is 0 Å². The molecule has 1 heterocycles. The summed E-state index contributed by atoms with van der Waals surface area (Å²) in [5.41, 5.74) is 3.71. The highest BCUT2D eigenvalue weighted by atomic mass is 16.6. The van der Waals surface area contributed by atoms with Crippen molar-refractivity contribution in [2.24, 2.45) is 0 Å². The van der Waals surface area contributed by atoms with Crippen molar-refractivity contribution in [1.82, 2.24) is 4.90 Å². The molecule has 0 radical (unpaired) electrons. The maximum absolute atomic E-state index is 12.1. The van der Waals surface area contributed by atoms with Crippen LogP contribution in [0.2, 0.25) is 0 Å². The Balaban J connectivity index is 2.00. The molecule has 130 valence electrons. The lowest BCUT2D eigenvalue weighted by molar-refractivity contribution is 0.166. The Morgan fingerprint density at radius 2 is 1.48 bits per heavy atom. The van der Waals surface area contributed by atoms with E-state index in [0.717, 1.165) is 0 Å². The second-order valence-corrected chi connectivity index (χ2v) is 6.73. The number of nitrogens with zero attached hydrogens (tertiary/aromatic N) is 1. The Labute approximate surface area is 149 Å². The number of hydrogen-bond acceptors (Lipinski definition) is 2. The predicted molar refractivity (Wildman–Crippen MR) is 100 cm³/mol. The first kappa shape index (κ1) is 17.3. The summed E-state index contributed by atoms with van der Waals surface area (Å²) in [6.45, 7) is 6.86. The van der Waals surface area contributed by atoms with E-state index in [1.165, 1.54) is 16.7 Å². The maximum Gasteiger partial charge on any atom is 0.414 e. The lowest BCUT2D eigenvalue weighted by Crippen LogP contribution is -2.27. The number of carbonyl (C=O) groups excluding carboxylic acids is 1. The zero-order valence-electron chi connectivity index (χ0n) is 15.1. The second kappa shape index (κ2) is 7.56. The highest BCUT2D eigenvalue weighted by Crippen LogP contribution is 2.36. The van der Waals surface area contributed by atoms with E-state index in [9.17, 15) is 4.79 Å². The molecular weight excluding hydrogens is 310 g/mol. The van der Waals surface area contributed by atoms with Crippen molar-refractivity contribution < 1.29 is 9.53 Å². The molecule has 0 saturated carbocycles. The van der Waals surface area contributed by atoms with E-state index in [2.05, 4.69) is 62.4 Å². The van der Waals surface area contributed by atoms with E-state index < -0.39 is 0 Å². The average molecular weight is 335 g/mol. The number of cyclic esters (lactones) is 1. The van der Waals surface area contributed by atoms with E-state index in [1.807, 2.05) is 25.3 Å². The Morgan fingerprint density at radius 3 is 1.88 bits per heavy atom. The molecule has 3 atom stereocenters. The summed E-state index contributed by atoms with van der Waals surface area (Å²) in [7, 11) is 0. The van der Waals surface area contributed by atoms with Crippen molar-refractivity contribution >= 4 is 6.09 Å².